The predicted molar refractivity (Wildman–Crippen MR) is 42.9 cm³/mol. The molecule has 0 saturated carbocycles. The van der Waals surface area contributed by atoms with Crippen molar-refractivity contribution in [2.45, 2.75) is 31.5 Å². The van der Waals surface area contributed by atoms with Crippen molar-refractivity contribution in [3.63, 3.8) is 0 Å². The normalized spacial score (nSPS) is 41.8. The highest BCUT2D eigenvalue weighted by atomic mass is 16.5. The number of ether oxygens (including phenoxy) is 2. The topological polar surface area (TPSA) is 35.5 Å². The third-order valence-corrected chi connectivity index (χ3v) is 2.73. The smallest absolute Gasteiger partial charge is 0.148 e. The summed E-state index contributed by atoms with van der Waals surface area (Å²) in [5.41, 5.74) is 0. The van der Waals surface area contributed by atoms with Crippen LogP contribution in [0.25, 0.3) is 0 Å². The van der Waals surface area contributed by atoms with Crippen LogP contribution in [0, 0.1) is 5.92 Å². The molecule has 0 amide bonds. The van der Waals surface area contributed by atoms with Crippen LogP contribution < -0.4 is 0 Å². The molecule has 2 rings (SSSR count). The lowest BCUT2D eigenvalue weighted by molar-refractivity contribution is -0.118. The second kappa shape index (κ2) is 3.54. The molecule has 0 radical (unpaired) electrons. The van der Waals surface area contributed by atoms with Gasteiger partial charge in [-0.1, -0.05) is 0 Å². The molecule has 0 N–H and O–H groups in total. The van der Waals surface area contributed by atoms with Gasteiger partial charge in [0.05, 0.1) is 12.7 Å². The van der Waals surface area contributed by atoms with E-state index in [2.05, 4.69) is 0 Å². The van der Waals surface area contributed by atoms with Gasteiger partial charge in [-0.05, 0) is 19.3 Å². The van der Waals surface area contributed by atoms with Crippen molar-refractivity contribution >= 4 is 6.29 Å². The van der Waals surface area contributed by atoms with Crippen molar-refractivity contribution in [2.24, 2.45) is 5.92 Å². The van der Waals surface area contributed by atoms with Crippen LogP contribution in [0.3, 0.4) is 0 Å². The van der Waals surface area contributed by atoms with Crippen molar-refractivity contribution in [3.8, 4) is 0 Å². The highest BCUT2D eigenvalue weighted by molar-refractivity contribution is 5.56. The van der Waals surface area contributed by atoms with Crippen LogP contribution in [0.4, 0.5) is 0 Å². The summed E-state index contributed by atoms with van der Waals surface area (Å²) in [4.78, 5) is 10.4. The highest BCUT2D eigenvalue weighted by Gasteiger charge is 2.33. The first-order valence-electron chi connectivity index (χ1n) is 4.58. The lowest BCUT2D eigenvalue weighted by Gasteiger charge is -2.15. The molecule has 3 nitrogen and oxygen atoms in total. The van der Waals surface area contributed by atoms with Crippen molar-refractivity contribution < 1.29 is 14.3 Å². The van der Waals surface area contributed by atoms with Gasteiger partial charge in [-0.3, -0.25) is 0 Å². The Morgan fingerprint density at radius 2 is 2.17 bits per heavy atom. The summed E-state index contributed by atoms with van der Waals surface area (Å²) in [5, 5.41) is 0. The van der Waals surface area contributed by atoms with Crippen molar-refractivity contribution in [2.75, 3.05) is 13.2 Å². The molecule has 2 heterocycles. The fourth-order valence-corrected chi connectivity index (χ4v) is 1.98. The summed E-state index contributed by atoms with van der Waals surface area (Å²) in [5.74, 6) is 0.537. The molecule has 3 atom stereocenters. The van der Waals surface area contributed by atoms with Gasteiger partial charge < -0.3 is 14.3 Å². The molecule has 2 aliphatic rings. The van der Waals surface area contributed by atoms with E-state index in [4.69, 9.17) is 9.47 Å². The van der Waals surface area contributed by atoms with E-state index < -0.39 is 0 Å². The van der Waals surface area contributed by atoms with E-state index in [1.807, 2.05) is 0 Å². The van der Waals surface area contributed by atoms with E-state index >= 15 is 0 Å². The van der Waals surface area contributed by atoms with E-state index in [-0.39, 0.29) is 12.2 Å². The summed E-state index contributed by atoms with van der Waals surface area (Å²) < 4.78 is 10.8. The number of hydrogen-bond donors (Lipinski definition) is 0. The zero-order chi connectivity index (χ0) is 8.39. The first kappa shape index (κ1) is 8.20. The molecular weight excluding hydrogens is 156 g/mol. The van der Waals surface area contributed by atoms with Crippen LogP contribution in [0.1, 0.15) is 19.3 Å². The fraction of sp³-hybridized carbons (Fsp3) is 0.889. The Hall–Kier alpha value is -0.410. The van der Waals surface area contributed by atoms with Crippen LogP contribution in [0.5, 0.6) is 0 Å². The molecular formula is C9H14O3. The number of carbonyl (C=O) groups is 1. The van der Waals surface area contributed by atoms with Gasteiger partial charge in [0, 0.05) is 12.5 Å². The average molecular weight is 170 g/mol. The second-order valence-electron chi connectivity index (χ2n) is 3.55. The number of aldehydes is 1. The molecule has 2 saturated heterocycles. The minimum Gasteiger partial charge on any atom is -0.381 e. The summed E-state index contributed by atoms with van der Waals surface area (Å²) in [6, 6.07) is 0. The zero-order valence-corrected chi connectivity index (χ0v) is 7.07. The largest absolute Gasteiger partial charge is 0.381 e. The van der Waals surface area contributed by atoms with Gasteiger partial charge in [0.1, 0.15) is 12.4 Å². The lowest BCUT2D eigenvalue weighted by atomic mass is 9.99. The Kier molecular flexibility index (Phi) is 2.42. The van der Waals surface area contributed by atoms with Crippen LogP contribution in [-0.4, -0.2) is 31.7 Å². The van der Waals surface area contributed by atoms with Gasteiger partial charge in [-0.15, -0.1) is 0 Å². The van der Waals surface area contributed by atoms with Crippen LogP contribution in [0.2, 0.25) is 0 Å². The van der Waals surface area contributed by atoms with Gasteiger partial charge in [0.15, 0.2) is 0 Å². The monoisotopic (exact) mass is 170 g/mol. The quantitative estimate of drug-likeness (QED) is 0.574. The molecule has 2 fully saturated rings. The maximum atomic E-state index is 10.4. The minimum atomic E-state index is -0.143. The van der Waals surface area contributed by atoms with Gasteiger partial charge in [-0.25, -0.2) is 0 Å². The van der Waals surface area contributed by atoms with Crippen LogP contribution >= 0.6 is 0 Å². The Balaban J connectivity index is 1.85. The molecule has 0 aromatic heterocycles. The molecule has 68 valence electrons. The predicted octanol–water partition coefficient (Wildman–Crippen LogP) is 0.769. The van der Waals surface area contributed by atoms with E-state index in [1.54, 1.807) is 0 Å². The first-order valence-corrected chi connectivity index (χ1v) is 4.58. The lowest BCUT2D eigenvalue weighted by Crippen LogP contribution is -2.21. The van der Waals surface area contributed by atoms with Gasteiger partial charge >= 0.3 is 0 Å². The molecule has 0 bridgehead atoms. The third kappa shape index (κ3) is 1.52. The SMILES string of the molecule is O=CC1CCC(C2CCOC2)O1. The van der Waals surface area contributed by atoms with Gasteiger partial charge in [0.25, 0.3) is 0 Å². The Morgan fingerprint density at radius 3 is 2.75 bits per heavy atom. The Labute approximate surface area is 72.0 Å². The van der Waals surface area contributed by atoms with E-state index in [0.29, 0.717) is 5.92 Å². The summed E-state index contributed by atoms with van der Waals surface area (Å²) in [6.07, 6.45) is 4.06. The number of rotatable bonds is 2. The molecule has 0 aromatic rings. The van der Waals surface area contributed by atoms with E-state index in [1.165, 1.54) is 0 Å². The zero-order valence-electron chi connectivity index (χ0n) is 7.07. The third-order valence-electron chi connectivity index (χ3n) is 2.73. The Morgan fingerprint density at radius 1 is 1.25 bits per heavy atom. The molecule has 2 aliphatic heterocycles. The van der Waals surface area contributed by atoms with Crippen molar-refractivity contribution in [1.29, 1.82) is 0 Å². The summed E-state index contributed by atoms with van der Waals surface area (Å²) in [7, 11) is 0. The van der Waals surface area contributed by atoms with Crippen molar-refractivity contribution in [1.82, 2.24) is 0 Å². The van der Waals surface area contributed by atoms with Crippen LogP contribution in [0.15, 0.2) is 0 Å². The fourth-order valence-electron chi connectivity index (χ4n) is 1.98. The average Bonchev–Trinajstić information content (AvgIpc) is 2.75. The molecule has 3 heteroatoms. The molecule has 0 aliphatic carbocycles. The minimum absolute atomic E-state index is 0.143. The molecule has 0 aromatic carbocycles. The second-order valence-corrected chi connectivity index (χ2v) is 3.55. The molecule has 3 unspecified atom stereocenters. The van der Waals surface area contributed by atoms with E-state index in [0.717, 1.165) is 38.8 Å². The molecule has 12 heavy (non-hydrogen) atoms. The highest BCUT2D eigenvalue weighted by Crippen LogP contribution is 2.29. The van der Waals surface area contributed by atoms with Crippen LogP contribution in [-0.2, 0) is 14.3 Å². The number of carbonyl (C=O) groups excluding carboxylic acids is 1. The van der Waals surface area contributed by atoms with E-state index in [9.17, 15) is 4.79 Å². The van der Waals surface area contributed by atoms with Crippen molar-refractivity contribution in [3.05, 3.63) is 0 Å². The number of hydrogen-bond acceptors (Lipinski definition) is 3. The molecule has 0 spiro atoms. The first-order chi connectivity index (χ1) is 5.90. The standard InChI is InChI=1S/C9H14O3/c10-5-8-1-2-9(12-8)7-3-4-11-6-7/h5,7-9H,1-4,6H2. The summed E-state index contributed by atoms with van der Waals surface area (Å²) >= 11 is 0. The Bertz CT molecular complexity index is 163. The maximum Gasteiger partial charge on any atom is 0.148 e. The summed E-state index contributed by atoms with van der Waals surface area (Å²) in [6.45, 7) is 1.67. The maximum absolute atomic E-state index is 10.4. The van der Waals surface area contributed by atoms with Gasteiger partial charge in [0.2, 0.25) is 0 Å². The van der Waals surface area contributed by atoms with Gasteiger partial charge in [-0.2, -0.15) is 0 Å².